The molecule has 0 radical (unpaired) electrons. The average Bonchev–Trinajstić information content (AvgIpc) is 2.67. The summed E-state index contributed by atoms with van der Waals surface area (Å²) in [6.45, 7) is 6.94. The average molecular weight is 352 g/mol. The topological polar surface area (TPSA) is 49.9 Å². The summed E-state index contributed by atoms with van der Waals surface area (Å²) in [7, 11) is 0. The van der Waals surface area contributed by atoms with Crippen molar-refractivity contribution in [1.29, 1.82) is 0 Å². The largest absolute Gasteiger partial charge is 0.484 e. The van der Waals surface area contributed by atoms with E-state index in [4.69, 9.17) is 4.74 Å². The number of hydrogen-bond donors (Lipinski definition) is 0. The number of carbonyl (C=O) groups is 2. The normalized spacial score (nSPS) is 14.2. The van der Waals surface area contributed by atoms with Gasteiger partial charge in [0.1, 0.15) is 12.0 Å². The van der Waals surface area contributed by atoms with E-state index in [-0.39, 0.29) is 12.5 Å². The van der Waals surface area contributed by atoms with Crippen molar-refractivity contribution >= 4 is 17.9 Å². The van der Waals surface area contributed by atoms with Crippen LogP contribution in [0.1, 0.15) is 21.5 Å². The maximum atomic E-state index is 12.4. The second-order valence-electron chi connectivity index (χ2n) is 6.59. The number of carbonyl (C=O) groups excluding carboxylic acids is 2. The van der Waals surface area contributed by atoms with Gasteiger partial charge >= 0.3 is 0 Å². The van der Waals surface area contributed by atoms with Crippen LogP contribution >= 0.6 is 0 Å². The van der Waals surface area contributed by atoms with Crippen LogP contribution in [0.3, 0.4) is 0 Å². The van der Waals surface area contributed by atoms with E-state index in [1.54, 1.807) is 0 Å². The molecule has 2 aromatic rings. The van der Waals surface area contributed by atoms with Gasteiger partial charge in [-0.05, 0) is 49.2 Å². The Morgan fingerprint density at radius 2 is 1.77 bits per heavy atom. The first kappa shape index (κ1) is 18.0. The molecule has 0 unspecified atom stereocenters. The Bertz CT molecular complexity index is 796. The first-order valence-corrected chi connectivity index (χ1v) is 8.85. The van der Waals surface area contributed by atoms with E-state index in [9.17, 15) is 9.59 Å². The third-order valence-corrected chi connectivity index (χ3v) is 4.77. The number of rotatable bonds is 5. The van der Waals surface area contributed by atoms with Crippen molar-refractivity contribution in [3.63, 3.8) is 0 Å². The van der Waals surface area contributed by atoms with Gasteiger partial charge in [0.05, 0.1) is 0 Å². The second-order valence-corrected chi connectivity index (χ2v) is 6.59. The molecule has 1 fully saturated rings. The van der Waals surface area contributed by atoms with Gasteiger partial charge in [-0.2, -0.15) is 0 Å². The Morgan fingerprint density at radius 1 is 1.04 bits per heavy atom. The highest BCUT2D eigenvalue weighted by Crippen LogP contribution is 2.22. The molecule has 0 N–H and O–H groups in total. The molecule has 2 aromatic carbocycles. The van der Waals surface area contributed by atoms with E-state index >= 15 is 0 Å². The Hall–Kier alpha value is -2.82. The fourth-order valence-electron chi connectivity index (χ4n) is 3.25. The molecule has 1 amide bonds. The lowest BCUT2D eigenvalue weighted by Crippen LogP contribution is -2.50. The van der Waals surface area contributed by atoms with E-state index in [1.165, 1.54) is 0 Å². The van der Waals surface area contributed by atoms with Crippen LogP contribution in [0.2, 0.25) is 0 Å². The summed E-state index contributed by atoms with van der Waals surface area (Å²) >= 11 is 0. The number of benzene rings is 2. The molecule has 26 heavy (non-hydrogen) atoms. The standard InChI is InChI=1S/C21H24N2O3/c1-16-5-3-4-6-20(16)26-15-21(25)23-11-9-22(10-12-23)19-8-7-18(14-24)13-17(19)2/h3-8,13-14H,9-12,15H2,1-2H3. The fourth-order valence-corrected chi connectivity index (χ4v) is 3.25. The zero-order valence-electron chi connectivity index (χ0n) is 15.3. The number of piperazine rings is 1. The number of nitrogens with zero attached hydrogens (tertiary/aromatic N) is 2. The van der Waals surface area contributed by atoms with Gasteiger partial charge in [0.25, 0.3) is 5.91 Å². The first-order chi connectivity index (χ1) is 12.6. The summed E-state index contributed by atoms with van der Waals surface area (Å²) in [4.78, 5) is 27.4. The summed E-state index contributed by atoms with van der Waals surface area (Å²) < 4.78 is 5.67. The Labute approximate surface area is 154 Å². The van der Waals surface area contributed by atoms with Gasteiger partial charge in [0.2, 0.25) is 0 Å². The fraction of sp³-hybridized carbons (Fsp3) is 0.333. The molecule has 0 saturated carbocycles. The number of para-hydroxylation sites is 1. The molecule has 0 aliphatic carbocycles. The molecule has 0 spiro atoms. The van der Waals surface area contributed by atoms with Gasteiger partial charge in [-0.1, -0.05) is 18.2 Å². The van der Waals surface area contributed by atoms with E-state index in [2.05, 4.69) is 4.90 Å². The highest BCUT2D eigenvalue weighted by Gasteiger charge is 2.22. The van der Waals surface area contributed by atoms with Crippen LogP contribution in [0.25, 0.3) is 0 Å². The molecule has 5 heteroatoms. The SMILES string of the molecule is Cc1ccccc1OCC(=O)N1CCN(c2ccc(C=O)cc2C)CC1. The lowest BCUT2D eigenvalue weighted by atomic mass is 10.1. The number of amides is 1. The van der Waals surface area contributed by atoms with E-state index < -0.39 is 0 Å². The molecule has 1 aliphatic heterocycles. The maximum Gasteiger partial charge on any atom is 0.260 e. The minimum Gasteiger partial charge on any atom is -0.484 e. The first-order valence-electron chi connectivity index (χ1n) is 8.85. The quantitative estimate of drug-likeness (QED) is 0.777. The predicted molar refractivity (Wildman–Crippen MR) is 102 cm³/mol. The van der Waals surface area contributed by atoms with Gasteiger partial charge in [0, 0.05) is 37.4 Å². The Balaban J connectivity index is 1.54. The zero-order valence-corrected chi connectivity index (χ0v) is 15.3. The van der Waals surface area contributed by atoms with E-state index in [0.717, 1.165) is 41.9 Å². The molecule has 0 bridgehead atoms. The number of ether oxygens (including phenoxy) is 1. The van der Waals surface area contributed by atoms with Crippen LogP contribution < -0.4 is 9.64 Å². The molecular formula is C21H24N2O3. The highest BCUT2D eigenvalue weighted by molar-refractivity contribution is 5.79. The molecule has 3 rings (SSSR count). The molecule has 5 nitrogen and oxygen atoms in total. The number of aldehydes is 1. The summed E-state index contributed by atoms with van der Waals surface area (Å²) in [5, 5.41) is 0. The lowest BCUT2D eigenvalue weighted by Gasteiger charge is -2.36. The van der Waals surface area contributed by atoms with Crippen molar-refractivity contribution in [2.45, 2.75) is 13.8 Å². The molecule has 1 heterocycles. The van der Waals surface area contributed by atoms with Gasteiger partial charge in [-0.25, -0.2) is 0 Å². The summed E-state index contributed by atoms with van der Waals surface area (Å²) in [6, 6.07) is 13.4. The molecule has 0 atom stereocenters. The third-order valence-electron chi connectivity index (χ3n) is 4.77. The molecule has 0 aromatic heterocycles. The van der Waals surface area contributed by atoms with Gasteiger partial charge in [-0.3, -0.25) is 9.59 Å². The van der Waals surface area contributed by atoms with Crippen LogP contribution in [0.15, 0.2) is 42.5 Å². The van der Waals surface area contributed by atoms with Crippen molar-refractivity contribution in [2.24, 2.45) is 0 Å². The third kappa shape index (κ3) is 4.04. The van der Waals surface area contributed by atoms with Gasteiger partial charge in [-0.15, -0.1) is 0 Å². The second kappa shape index (κ2) is 8.04. The van der Waals surface area contributed by atoms with Crippen molar-refractivity contribution < 1.29 is 14.3 Å². The van der Waals surface area contributed by atoms with Crippen LogP contribution in [-0.4, -0.2) is 49.9 Å². The molecular weight excluding hydrogens is 328 g/mol. The van der Waals surface area contributed by atoms with Crippen molar-refractivity contribution in [1.82, 2.24) is 4.90 Å². The number of anilines is 1. The molecule has 1 aliphatic rings. The van der Waals surface area contributed by atoms with Crippen LogP contribution in [-0.2, 0) is 4.79 Å². The maximum absolute atomic E-state index is 12.4. The molecule has 136 valence electrons. The van der Waals surface area contributed by atoms with Gasteiger partial charge in [0.15, 0.2) is 6.61 Å². The zero-order chi connectivity index (χ0) is 18.5. The van der Waals surface area contributed by atoms with Crippen LogP contribution in [0, 0.1) is 13.8 Å². The monoisotopic (exact) mass is 352 g/mol. The Morgan fingerprint density at radius 3 is 2.42 bits per heavy atom. The Kier molecular flexibility index (Phi) is 5.56. The minimum atomic E-state index is 0.0147. The summed E-state index contributed by atoms with van der Waals surface area (Å²) in [6.07, 6.45) is 0.863. The van der Waals surface area contributed by atoms with E-state index in [1.807, 2.05) is 61.2 Å². The number of hydrogen-bond acceptors (Lipinski definition) is 4. The van der Waals surface area contributed by atoms with Crippen molar-refractivity contribution in [3.8, 4) is 5.75 Å². The van der Waals surface area contributed by atoms with E-state index in [0.29, 0.717) is 18.7 Å². The highest BCUT2D eigenvalue weighted by atomic mass is 16.5. The van der Waals surface area contributed by atoms with Crippen molar-refractivity contribution in [2.75, 3.05) is 37.7 Å². The van der Waals surface area contributed by atoms with Crippen molar-refractivity contribution in [3.05, 3.63) is 59.2 Å². The number of aryl methyl sites for hydroxylation is 2. The van der Waals surface area contributed by atoms with Gasteiger partial charge < -0.3 is 14.5 Å². The molecule has 1 saturated heterocycles. The lowest BCUT2D eigenvalue weighted by molar-refractivity contribution is -0.133. The smallest absolute Gasteiger partial charge is 0.260 e. The summed E-state index contributed by atoms with van der Waals surface area (Å²) in [5.74, 6) is 0.770. The predicted octanol–water partition coefficient (Wildman–Crippen LogP) is 2.84. The van der Waals surface area contributed by atoms with Crippen LogP contribution in [0.5, 0.6) is 5.75 Å². The van der Waals surface area contributed by atoms with Crippen LogP contribution in [0.4, 0.5) is 5.69 Å². The summed E-state index contributed by atoms with van der Waals surface area (Å²) in [5.41, 5.74) is 3.92. The minimum absolute atomic E-state index is 0.0147.